The van der Waals surface area contributed by atoms with Gasteiger partial charge in [-0.3, -0.25) is 4.79 Å². The number of halogens is 2. The third-order valence-corrected chi connectivity index (χ3v) is 5.81. The summed E-state index contributed by atoms with van der Waals surface area (Å²) in [5.74, 6) is 0.849. The van der Waals surface area contributed by atoms with Gasteiger partial charge in [-0.1, -0.05) is 63.0 Å². The maximum absolute atomic E-state index is 13.0. The quantitative estimate of drug-likeness (QED) is 0.606. The van der Waals surface area contributed by atoms with Gasteiger partial charge >= 0.3 is 0 Å². The number of Topliss-reactive ketones (excluding diaryl/α,β-unsaturated/α-hetero) is 1. The van der Waals surface area contributed by atoms with Gasteiger partial charge < -0.3 is 0 Å². The lowest BCUT2D eigenvalue weighted by atomic mass is 9.63. The van der Waals surface area contributed by atoms with Crippen molar-refractivity contribution in [2.24, 2.45) is 17.3 Å². The first-order valence-corrected chi connectivity index (χ1v) is 8.23. The first-order valence-electron chi connectivity index (χ1n) is 7.47. The van der Waals surface area contributed by atoms with E-state index in [-0.39, 0.29) is 17.1 Å². The minimum Gasteiger partial charge on any atom is -0.294 e. The highest BCUT2D eigenvalue weighted by Crippen LogP contribution is 2.44. The van der Waals surface area contributed by atoms with Crippen molar-refractivity contribution in [2.45, 2.75) is 40.5 Å². The molecule has 3 heteroatoms. The zero-order chi connectivity index (χ0) is 15.8. The van der Waals surface area contributed by atoms with E-state index in [0.717, 1.165) is 24.0 Å². The molecular formula is C18H22Cl2O. The highest BCUT2D eigenvalue weighted by Gasteiger charge is 2.42. The molecule has 1 aliphatic rings. The SMILES string of the molecule is CC(C)[C@]1(C)CC[C@@H](C)C(=Cc2cccc(Cl)c2Cl)C1=O. The molecule has 0 radical (unpaired) electrons. The molecule has 0 aromatic heterocycles. The van der Waals surface area contributed by atoms with Gasteiger partial charge in [-0.05, 0) is 48.0 Å². The van der Waals surface area contributed by atoms with Gasteiger partial charge in [-0.15, -0.1) is 0 Å². The summed E-state index contributed by atoms with van der Waals surface area (Å²) in [7, 11) is 0. The van der Waals surface area contributed by atoms with Gasteiger partial charge in [0.15, 0.2) is 5.78 Å². The zero-order valence-electron chi connectivity index (χ0n) is 13.0. The van der Waals surface area contributed by atoms with E-state index in [4.69, 9.17) is 23.2 Å². The fraction of sp³-hybridized carbons (Fsp3) is 0.500. The van der Waals surface area contributed by atoms with E-state index in [1.807, 2.05) is 18.2 Å². The second-order valence-corrected chi connectivity index (χ2v) is 7.37. The highest BCUT2D eigenvalue weighted by atomic mass is 35.5. The Labute approximate surface area is 137 Å². The van der Waals surface area contributed by atoms with Crippen LogP contribution in [0.25, 0.3) is 6.08 Å². The third kappa shape index (κ3) is 3.05. The Bertz CT molecular complexity index is 589. The number of hydrogen-bond donors (Lipinski definition) is 0. The average molecular weight is 325 g/mol. The molecule has 1 aliphatic carbocycles. The number of benzene rings is 1. The molecule has 2 atom stereocenters. The molecule has 0 spiro atoms. The predicted molar refractivity (Wildman–Crippen MR) is 90.8 cm³/mol. The number of hydrogen-bond acceptors (Lipinski definition) is 1. The van der Waals surface area contributed by atoms with Crippen LogP contribution < -0.4 is 0 Å². The van der Waals surface area contributed by atoms with E-state index in [9.17, 15) is 4.79 Å². The van der Waals surface area contributed by atoms with Crippen molar-refractivity contribution in [3.8, 4) is 0 Å². The van der Waals surface area contributed by atoms with Crippen LogP contribution in [0.1, 0.15) is 46.1 Å². The van der Waals surface area contributed by atoms with Gasteiger partial charge in [0.2, 0.25) is 0 Å². The van der Waals surface area contributed by atoms with E-state index in [1.165, 1.54) is 0 Å². The summed E-state index contributed by atoms with van der Waals surface area (Å²) >= 11 is 12.3. The lowest BCUT2D eigenvalue weighted by Gasteiger charge is -2.39. The lowest BCUT2D eigenvalue weighted by Crippen LogP contribution is -2.40. The second-order valence-electron chi connectivity index (χ2n) is 6.58. The standard InChI is InChI=1S/C18H22Cl2O/c1-11(2)18(4)9-8-12(3)14(17(18)21)10-13-6-5-7-15(19)16(13)20/h5-7,10-12H,8-9H2,1-4H3/t12-,18+/m1/s1. The van der Waals surface area contributed by atoms with E-state index in [1.54, 1.807) is 6.07 Å². The number of ketones is 1. The number of rotatable bonds is 2. The van der Waals surface area contributed by atoms with Gasteiger partial charge in [-0.2, -0.15) is 0 Å². The Morgan fingerprint density at radius 1 is 1.33 bits per heavy atom. The molecule has 21 heavy (non-hydrogen) atoms. The highest BCUT2D eigenvalue weighted by molar-refractivity contribution is 6.43. The number of allylic oxidation sites excluding steroid dienone is 1. The molecule has 1 nitrogen and oxygen atoms in total. The van der Waals surface area contributed by atoms with E-state index in [0.29, 0.717) is 16.0 Å². The van der Waals surface area contributed by atoms with Gasteiger partial charge in [0, 0.05) is 5.41 Å². The Morgan fingerprint density at radius 3 is 2.62 bits per heavy atom. The van der Waals surface area contributed by atoms with Gasteiger partial charge in [0.05, 0.1) is 10.0 Å². The average Bonchev–Trinajstić information content (AvgIpc) is 2.43. The molecule has 0 saturated heterocycles. The monoisotopic (exact) mass is 324 g/mol. The molecule has 1 aromatic carbocycles. The molecule has 0 unspecified atom stereocenters. The van der Waals surface area contributed by atoms with Gasteiger partial charge in [-0.25, -0.2) is 0 Å². The van der Waals surface area contributed by atoms with Crippen molar-refractivity contribution in [1.82, 2.24) is 0 Å². The molecule has 0 heterocycles. The fourth-order valence-electron chi connectivity index (χ4n) is 2.90. The van der Waals surface area contributed by atoms with Crippen LogP contribution in [0.2, 0.25) is 10.0 Å². The van der Waals surface area contributed by atoms with Crippen molar-refractivity contribution < 1.29 is 4.79 Å². The lowest BCUT2D eigenvalue weighted by molar-refractivity contribution is -0.129. The maximum Gasteiger partial charge on any atom is 0.165 e. The summed E-state index contributed by atoms with van der Waals surface area (Å²) in [5, 5.41) is 1.04. The molecule has 1 fully saturated rings. The summed E-state index contributed by atoms with van der Waals surface area (Å²) in [6.45, 7) is 8.44. The van der Waals surface area contributed by atoms with Crippen LogP contribution in [-0.4, -0.2) is 5.78 Å². The van der Waals surface area contributed by atoms with Crippen LogP contribution in [-0.2, 0) is 4.79 Å². The topological polar surface area (TPSA) is 17.1 Å². The van der Waals surface area contributed by atoms with Crippen LogP contribution in [0.15, 0.2) is 23.8 Å². The zero-order valence-corrected chi connectivity index (χ0v) is 14.6. The normalized spacial score (nSPS) is 28.4. The molecule has 114 valence electrons. The molecule has 1 aromatic rings. The molecule has 0 amide bonds. The smallest absolute Gasteiger partial charge is 0.165 e. The number of carbonyl (C=O) groups is 1. The van der Waals surface area contributed by atoms with Crippen LogP contribution in [0.4, 0.5) is 0 Å². The Hall–Kier alpha value is -0.790. The Kier molecular flexibility index (Phi) is 4.85. The summed E-state index contributed by atoms with van der Waals surface area (Å²) < 4.78 is 0. The molecule has 2 rings (SSSR count). The van der Waals surface area contributed by atoms with Gasteiger partial charge in [0.1, 0.15) is 0 Å². The van der Waals surface area contributed by atoms with Crippen LogP contribution in [0.3, 0.4) is 0 Å². The third-order valence-electron chi connectivity index (χ3n) is 4.98. The minimum atomic E-state index is -0.274. The number of carbonyl (C=O) groups excluding carboxylic acids is 1. The van der Waals surface area contributed by atoms with E-state index >= 15 is 0 Å². The van der Waals surface area contributed by atoms with Crippen molar-refractivity contribution in [1.29, 1.82) is 0 Å². The summed E-state index contributed by atoms with van der Waals surface area (Å²) in [4.78, 5) is 13.0. The van der Waals surface area contributed by atoms with Crippen molar-refractivity contribution in [3.05, 3.63) is 39.4 Å². The van der Waals surface area contributed by atoms with E-state index < -0.39 is 0 Å². The molecule has 0 N–H and O–H groups in total. The molecule has 0 bridgehead atoms. The largest absolute Gasteiger partial charge is 0.294 e. The first-order chi connectivity index (χ1) is 9.77. The van der Waals surface area contributed by atoms with Crippen LogP contribution >= 0.6 is 23.2 Å². The second kappa shape index (κ2) is 6.14. The predicted octanol–water partition coefficient (Wildman–Crippen LogP) is 6.04. The maximum atomic E-state index is 13.0. The van der Waals surface area contributed by atoms with Crippen molar-refractivity contribution >= 4 is 35.1 Å². The molecular weight excluding hydrogens is 303 g/mol. The minimum absolute atomic E-state index is 0.257. The van der Waals surface area contributed by atoms with Gasteiger partial charge in [0.25, 0.3) is 0 Å². The van der Waals surface area contributed by atoms with Crippen LogP contribution in [0.5, 0.6) is 0 Å². The summed E-state index contributed by atoms with van der Waals surface area (Å²) in [6.07, 6.45) is 3.91. The Balaban J connectivity index is 2.47. The van der Waals surface area contributed by atoms with Crippen molar-refractivity contribution in [3.63, 3.8) is 0 Å². The van der Waals surface area contributed by atoms with Crippen molar-refractivity contribution in [2.75, 3.05) is 0 Å². The summed E-state index contributed by atoms with van der Waals surface area (Å²) in [5.41, 5.74) is 1.43. The Morgan fingerprint density at radius 2 is 2.00 bits per heavy atom. The van der Waals surface area contributed by atoms with E-state index in [2.05, 4.69) is 27.7 Å². The summed E-state index contributed by atoms with van der Waals surface area (Å²) in [6, 6.07) is 5.53. The molecule has 0 aliphatic heterocycles. The van der Waals surface area contributed by atoms with Crippen LogP contribution in [0, 0.1) is 17.3 Å². The first kappa shape index (κ1) is 16.6. The fourth-order valence-corrected chi connectivity index (χ4v) is 3.26. The molecule has 1 saturated carbocycles.